The van der Waals surface area contributed by atoms with Crippen LogP contribution in [0.25, 0.3) is 0 Å². The van der Waals surface area contributed by atoms with Crippen LogP contribution in [-0.2, 0) is 4.79 Å². The van der Waals surface area contributed by atoms with Gasteiger partial charge in [-0.05, 0) is 64.2 Å². The minimum Gasteiger partial charge on any atom is -0.369 e. The Labute approximate surface area is 291 Å². The molecule has 1 atom stereocenters. The highest BCUT2D eigenvalue weighted by Gasteiger charge is 2.14. The monoisotopic (exact) mass is 644 g/mol. The zero-order valence-electron chi connectivity index (χ0n) is 31.8. The molecule has 0 aromatic heterocycles. The van der Waals surface area contributed by atoms with Crippen LogP contribution in [0.4, 0.5) is 0 Å². The van der Waals surface area contributed by atoms with Crippen molar-refractivity contribution in [3.05, 3.63) is 24.3 Å². The number of rotatable bonds is 39. The van der Waals surface area contributed by atoms with Gasteiger partial charge in [-0.2, -0.15) is 0 Å². The maximum atomic E-state index is 12.0. The van der Waals surface area contributed by atoms with Crippen LogP contribution in [0.15, 0.2) is 24.3 Å². The highest BCUT2D eigenvalue weighted by atomic mass is 16.1. The normalized spacial score (nSPS) is 12.6. The second-order valence-corrected chi connectivity index (χ2v) is 14.7. The van der Waals surface area contributed by atoms with Crippen molar-refractivity contribution in [3.63, 3.8) is 0 Å². The SMILES string of the molecule is CCCCCCCCC=CCCCCCCCCCCCCC(CCCCCCCCCCC=CCCCCCCCC)C(N)=O. The molecule has 0 bridgehead atoms. The second kappa shape index (κ2) is 40.1. The average molecular weight is 644 g/mol. The smallest absolute Gasteiger partial charge is 0.220 e. The summed E-state index contributed by atoms with van der Waals surface area (Å²) < 4.78 is 0. The van der Waals surface area contributed by atoms with Crippen LogP contribution in [0.3, 0.4) is 0 Å². The number of carbonyl (C=O) groups is 1. The molecule has 0 aliphatic rings. The molecule has 0 aliphatic carbocycles. The molecule has 0 rings (SSSR count). The van der Waals surface area contributed by atoms with Crippen LogP contribution in [-0.4, -0.2) is 5.91 Å². The van der Waals surface area contributed by atoms with E-state index in [-0.39, 0.29) is 11.8 Å². The molecule has 0 aromatic carbocycles. The lowest BCUT2D eigenvalue weighted by Gasteiger charge is -2.13. The Balaban J connectivity index is 3.41. The number of carbonyl (C=O) groups excluding carboxylic acids is 1. The molecule has 1 unspecified atom stereocenters. The van der Waals surface area contributed by atoms with Crippen LogP contribution in [0.1, 0.15) is 245 Å². The molecule has 2 N–H and O–H groups in total. The van der Waals surface area contributed by atoms with Gasteiger partial charge in [0.05, 0.1) is 0 Å². The summed E-state index contributed by atoms with van der Waals surface area (Å²) in [7, 11) is 0. The van der Waals surface area contributed by atoms with E-state index in [1.54, 1.807) is 0 Å². The molecule has 0 fully saturated rings. The summed E-state index contributed by atoms with van der Waals surface area (Å²) in [5, 5.41) is 0. The summed E-state index contributed by atoms with van der Waals surface area (Å²) >= 11 is 0. The maximum Gasteiger partial charge on any atom is 0.220 e. The van der Waals surface area contributed by atoms with Crippen molar-refractivity contribution >= 4 is 5.91 Å². The molecule has 0 radical (unpaired) electrons. The maximum absolute atomic E-state index is 12.0. The molecular formula is C44H85NO. The van der Waals surface area contributed by atoms with Gasteiger partial charge in [0.15, 0.2) is 0 Å². The first-order valence-electron chi connectivity index (χ1n) is 21.3. The second-order valence-electron chi connectivity index (χ2n) is 14.7. The Bertz CT molecular complexity index is 638. The molecule has 46 heavy (non-hydrogen) atoms. The van der Waals surface area contributed by atoms with Gasteiger partial charge >= 0.3 is 0 Å². The van der Waals surface area contributed by atoms with Gasteiger partial charge in [-0.15, -0.1) is 0 Å². The molecule has 0 aliphatic heterocycles. The third-order valence-electron chi connectivity index (χ3n) is 10.0. The van der Waals surface area contributed by atoms with Crippen LogP contribution in [0, 0.1) is 5.92 Å². The molecule has 2 nitrogen and oxygen atoms in total. The van der Waals surface area contributed by atoms with E-state index in [1.165, 1.54) is 218 Å². The van der Waals surface area contributed by atoms with Crippen molar-refractivity contribution in [1.82, 2.24) is 0 Å². The van der Waals surface area contributed by atoms with E-state index in [9.17, 15) is 4.79 Å². The largest absolute Gasteiger partial charge is 0.369 e. The number of nitrogens with two attached hydrogens (primary N) is 1. The number of amides is 1. The molecule has 0 heterocycles. The van der Waals surface area contributed by atoms with Crippen molar-refractivity contribution < 1.29 is 4.79 Å². The highest BCUT2D eigenvalue weighted by Crippen LogP contribution is 2.20. The minimum atomic E-state index is -0.0608. The Kier molecular flexibility index (Phi) is 39.2. The summed E-state index contributed by atoms with van der Waals surface area (Å²) in [6.07, 6.45) is 57.7. The van der Waals surface area contributed by atoms with E-state index in [2.05, 4.69) is 38.2 Å². The fraction of sp³-hybridized carbons (Fsp3) is 0.886. The standard InChI is InChI=1S/C44H85NO/c1-3-5-7-9-11-13-15-17-19-21-23-24-26-28-30-32-34-36-38-40-42-43(44(45)46)41-39-37-35-33-31-29-27-25-22-20-18-16-14-12-10-8-6-4-2/h17-20,43H,3-16,21-42H2,1-2H3,(H2,45,46). The van der Waals surface area contributed by atoms with Gasteiger partial charge in [0.2, 0.25) is 5.91 Å². The third-order valence-corrected chi connectivity index (χ3v) is 10.0. The number of primary amides is 1. The van der Waals surface area contributed by atoms with Gasteiger partial charge in [-0.3, -0.25) is 4.79 Å². The molecule has 0 saturated carbocycles. The van der Waals surface area contributed by atoms with Gasteiger partial charge in [-0.25, -0.2) is 0 Å². The van der Waals surface area contributed by atoms with Gasteiger partial charge in [0.25, 0.3) is 0 Å². The average Bonchev–Trinajstić information content (AvgIpc) is 3.05. The van der Waals surface area contributed by atoms with Crippen molar-refractivity contribution in [2.24, 2.45) is 11.7 Å². The summed E-state index contributed by atoms with van der Waals surface area (Å²) in [5.74, 6) is 0.0498. The number of hydrogen-bond donors (Lipinski definition) is 1. The molecule has 0 saturated heterocycles. The topological polar surface area (TPSA) is 43.1 Å². The van der Waals surface area contributed by atoms with Gasteiger partial charge < -0.3 is 5.73 Å². The third kappa shape index (κ3) is 37.4. The first kappa shape index (κ1) is 45.0. The lowest BCUT2D eigenvalue weighted by molar-refractivity contribution is -0.122. The molecular weight excluding hydrogens is 558 g/mol. The Morgan fingerprint density at radius 1 is 0.370 bits per heavy atom. The van der Waals surface area contributed by atoms with E-state index in [0.29, 0.717) is 0 Å². The predicted molar refractivity (Wildman–Crippen MR) is 209 cm³/mol. The summed E-state index contributed by atoms with van der Waals surface area (Å²) in [6.45, 7) is 4.57. The van der Waals surface area contributed by atoms with Crippen molar-refractivity contribution in [2.75, 3.05) is 0 Å². The van der Waals surface area contributed by atoms with Gasteiger partial charge in [0.1, 0.15) is 0 Å². The quantitative estimate of drug-likeness (QED) is 0.0525. The Hall–Kier alpha value is -1.05. The summed E-state index contributed by atoms with van der Waals surface area (Å²) in [6, 6.07) is 0. The van der Waals surface area contributed by atoms with E-state index in [0.717, 1.165) is 12.8 Å². The van der Waals surface area contributed by atoms with Gasteiger partial charge in [0, 0.05) is 5.92 Å². The lowest BCUT2D eigenvalue weighted by atomic mass is 9.93. The first-order chi connectivity index (χ1) is 22.7. The fourth-order valence-corrected chi connectivity index (χ4v) is 6.77. The molecule has 272 valence electrons. The van der Waals surface area contributed by atoms with E-state index >= 15 is 0 Å². The van der Waals surface area contributed by atoms with Crippen molar-refractivity contribution in [1.29, 1.82) is 0 Å². The number of unbranched alkanes of at least 4 members (excludes halogenated alkanes) is 30. The molecule has 1 amide bonds. The fourth-order valence-electron chi connectivity index (χ4n) is 6.77. The Morgan fingerprint density at radius 2 is 0.587 bits per heavy atom. The molecule has 0 aromatic rings. The molecule has 2 heteroatoms. The number of hydrogen-bond acceptors (Lipinski definition) is 1. The van der Waals surface area contributed by atoms with E-state index < -0.39 is 0 Å². The van der Waals surface area contributed by atoms with Crippen LogP contribution < -0.4 is 5.73 Å². The predicted octanol–water partition coefficient (Wildman–Crippen LogP) is 15.3. The van der Waals surface area contributed by atoms with Crippen LogP contribution in [0.2, 0.25) is 0 Å². The summed E-state index contributed by atoms with van der Waals surface area (Å²) in [5.41, 5.74) is 5.75. The lowest BCUT2D eigenvalue weighted by Crippen LogP contribution is -2.23. The zero-order chi connectivity index (χ0) is 33.4. The first-order valence-corrected chi connectivity index (χ1v) is 21.3. The van der Waals surface area contributed by atoms with Crippen LogP contribution >= 0.6 is 0 Å². The highest BCUT2D eigenvalue weighted by molar-refractivity contribution is 5.76. The molecule has 0 spiro atoms. The van der Waals surface area contributed by atoms with Crippen LogP contribution in [0.5, 0.6) is 0 Å². The van der Waals surface area contributed by atoms with Crippen molar-refractivity contribution in [3.8, 4) is 0 Å². The van der Waals surface area contributed by atoms with Crippen molar-refractivity contribution in [2.45, 2.75) is 245 Å². The van der Waals surface area contributed by atoms with E-state index in [4.69, 9.17) is 5.73 Å². The summed E-state index contributed by atoms with van der Waals surface area (Å²) in [4.78, 5) is 12.0. The number of allylic oxidation sites excluding steroid dienone is 4. The van der Waals surface area contributed by atoms with E-state index in [1.807, 2.05) is 0 Å². The van der Waals surface area contributed by atoms with Gasteiger partial charge in [-0.1, -0.05) is 205 Å². The minimum absolute atomic E-state index is 0.0608. The zero-order valence-corrected chi connectivity index (χ0v) is 31.8. The Morgan fingerprint density at radius 3 is 0.826 bits per heavy atom.